The fourth-order valence-electron chi connectivity index (χ4n) is 2.90. The molecular formula is C21H25F3N2O3S. The highest BCUT2D eigenvalue weighted by Gasteiger charge is 2.30. The van der Waals surface area contributed by atoms with E-state index < -0.39 is 21.8 Å². The maximum atomic E-state index is 12.8. The molecule has 5 nitrogen and oxygen atoms in total. The lowest BCUT2D eigenvalue weighted by molar-refractivity contribution is -0.137. The average molecular weight is 443 g/mol. The molecule has 0 aliphatic rings. The van der Waals surface area contributed by atoms with Crippen molar-refractivity contribution in [2.24, 2.45) is 0 Å². The van der Waals surface area contributed by atoms with Crippen LogP contribution in [0.3, 0.4) is 0 Å². The molecule has 0 saturated heterocycles. The zero-order chi connectivity index (χ0) is 22.5. The van der Waals surface area contributed by atoms with E-state index in [-0.39, 0.29) is 31.8 Å². The Morgan fingerprint density at radius 3 is 2.37 bits per heavy atom. The zero-order valence-electron chi connectivity index (χ0n) is 17.1. The molecule has 0 radical (unpaired) electrons. The minimum absolute atomic E-state index is 0.0320. The summed E-state index contributed by atoms with van der Waals surface area (Å²) >= 11 is 0. The van der Waals surface area contributed by atoms with Gasteiger partial charge in [0.2, 0.25) is 15.9 Å². The molecule has 0 saturated carbocycles. The largest absolute Gasteiger partial charge is 0.416 e. The Morgan fingerprint density at radius 2 is 1.77 bits per heavy atom. The number of hydrogen-bond acceptors (Lipinski definition) is 3. The smallest absolute Gasteiger partial charge is 0.352 e. The van der Waals surface area contributed by atoms with Crippen LogP contribution in [0.4, 0.5) is 18.9 Å². The van der Waals surface area contributed by atoms with Gasteiger partial charge >= 0.3 is 6.18 Å². The van der Waals surface area contributed by atoms with Gasteiger partial charge in [-0.15, -0.1) is 0 Å². The molecule has 0 heterocycles. The molecule has 1 amide bonds. The topological polar surface area (TPSA) is 66.5 Å². The van der Waals surface area contributed by atoms with E-state index in [4.69, 9.17) is 0 Å². The molecule has 0 spiro atoms. The SMILES string of the molecule is Cc1ccc(N(CCCC(=O)NCc2cccc(C(F)(F)F)c2)S(C)(=O)=O)cc1C. The van der Waals surface area contributed by atoms with Gasteiger partial charge in [0.25, 0.3) is 0 Å². The molecule has 0 fully saturated rings. The predicted molar refractivity (Wildman–Crippen MR) is 111 cm³/mol. The number of halogens is 3. The van der Waals surface area contributed by atoms with Crippen LogP contribution in [0.5, 0.6) is 0 Å². The maximum absolute atomic E-state index is 12.8. The molecule has 0 atom stereocenters. The quantitative estimate of drug-likeness (QED) is 0.667. The molecule has 0 aliphatic heterocycles. The normalized spacial score (nSPS) is 11.9. The Bertz CT molecular complexity index is 1000. The van der Waals surface area contributed by atoms with Gasteiger partial charge in [-0.2, -0.15) is 13.2 Å². The first-order valence-corrected chi connectivity index (χ1v) is 11.2. The van der Waals surface area contributed by atoms with E-state index in [9.17, 15) is 26.4 Å². The van der Waals surface area contributed by atoms with Crippen LogP contribution >= 0.6 is 0 Å². The van der Waals surface area contributed by atoms with Gasteiger partial charge in [-0.25, -0.2) is 8.42 Å². The maximum Gasteiger partial charge on any atom is 0.416 e. The van der Waals surface area contributed by atoms with Crippen molar-refractivity contribution in [1.82, 2.24) is 5.32 Å². The Labute approximate surface area is 175 Å². The molecule has 0 aliphatic carbocycles. The van der Waals surface area contributed by atoms with E-state index in [2.05, 4.69) is 5.32 Å². The van der Waals surface area contributed by atoms with Crippen molar-refractivity contribution >= 4 is 21.6 Å². The third-order valence-corrected chi connectivity index (χ3v) is 5.88. The van der Waals surface area contributed by atoms with Crippen molar-refractivity contribution in [1.29, 1.82) is 0 Å². The molecule has 30 heavy (non-hydrogen) atoms. The van der Waals surface area contributed by atoms with Crippen LogP contribution < -0.4 is 9.62 Å². The summed E-state index contributed by atoms with van der Waals surface area (Å²) in [5, 5.41) is 2.57. The van der Waals surface area contributed by atoms with E-state index in [1.807, 2.05) is 19.9 Å². The number of sulfonamides is 1. The number of hydrogen-bond donors (Lipinski definition) is 1. The molecule has 9 heteroatoms. The summed E-state index contributed by atoms with van der Waals surface area (Å²) in [6.45, 7) is 3.91. The number of carbonyl (C=O) groups is 1. The molecule has 1 N–H and O–H groups in total. The highest BCUT2D eigenvalue weighted by atomic mass is 32.2. The molecule has 164 valence electrons. The van der Waals surface area contributed by atoms with Crippen LogP contribution in [-0.2, 0) is 27.5 Å². The first kappa shape index (κ1) is 23.7. The van der Waals surface area contributed by atoms with Gasteiger partial charge in [-0.3, -0.25) is 9.10 Å². The predicted octanol–water partition coefficient (Wildman–Crippen LogP) is 4.18. The minimum atomic E-state index is -4.44. The Kier molecular flexibility index (Phi) is 7.52. The van der Waals surface area contributed by atoms with Crippen molar-refractivity contribution in [3.8, 4) is 0 Å². The molecule has 2 aromatic rings. The number of alkyl halides is 3. The Morgan fingerprint density at radius 1 is 1.07 bits per heavy atom. The number of nitrogens with zero attached hydrogens (tertiary/aromatic N) is 1. The fourth-order valence-corrected chi connectivity index (χ4v) is 3.85. The fraction of sp³-hybridized carbons (Fsp3) is 0.381. The van der Waals surface area contributed by atoms with Crippen molar-refractivity contribution < 1.29 is 26.4 Å². The van der Waals surface area contributed by atoms with Gasteiger partial charge in [0, 0.05) is 19.5 Å². The molecule has 2 rings (SSSR count). The first-order chi connectivity index (χ1) is 13.9. The first-order valence-electron chi connectivity index (χ1n) is 9.36. The van der Waals surface area contributed by atoms with Crippen molar-refractivity contribution in [2.45, 2.75) is 39.4 Å². The van der Waals surface area contributed by atoms with Gasteiger partial charge in [0.05, 0.1) is 17.5 Å². The van der Waals surface area contributed by atoms with Crippen molar-refractivity contribution in [3.63, 3.8) is 0 Å². The number of anilines is 1. The summed E-state index contributed by atoms with van der Waals surface area (Å²) in [6, 6.07) is 10.1. The minimum Gasteiger partial charge on any atom is -0.352 e. The number of carbonyl (C=O) groups excluding carboxylic acids is 1. The number of rotatable bonds is 8. The van der Waals surface area contributed by atoms with E-state index in [1.54, 1.807) is 12.1 Å². The molecule has 2 aromatic carbocycles. The van der Waals surface area contributed by atoms with Crippen molar-refractivity contribution in [3.05, 3.63) is 64.7 Å². The third-order valence-electron chi connectivity index (χ3n) is 4.69. The summed E-state index contributed by atoms with van der Waals surface area (Å²) in [4.78, 5) is 12.1. The Balaban J connectivity index is 1.92. The van der Waals surface area contributed by atoms with Gasteiger partial charge in [0.1, 0.15) is 0 Å². The molecule has 0 unspecified atom stereocenters. The summed E-state index contributed by atoms with van der Waals surface area (Å²) < 4.78 is 63.8. The highest BCUT2D eigenvalue weighted by molar-refractivity contribution is 7.92. The average Bonchev–Trinajstić information content (AvgIpc) is 2.64. The monoisotopic (exact) mass is 442 g/mol. The van der Waals surface area contributed by atoms with E-state index in [0.717, 1.165) is 29.5 Å². The lowest BCUT2D eigenvalue weighted by Crippen LogP contribution is -2.32. The van der Waals surface area contributed by atoms with E-state index in [1.165, 1.54) is 16.4 Å². The second-order valence-electron chi connectivity index (χ2n) is 7.18. The zero-order valence-corrected chi connectivity index (χ0v) is 17.9. The van der Waals surface area contributed by atoms with Gasteiger partial charge in [-0.1, -0.05) is 18.2 Å². The van der Waals surface area contributed by atoms with E-state index in [0.29, 0.717) is 11.3 Å². The van der Waals surface area contributed by atoms with Crippen LogP contribution in [0, 0.1) is 13.8 Å². The number of amides is 1. The second kappa shape index (κ2) is 9.51. The van der Waals surface area contributed by atoms with Crippen LogP contribution in [0.2, 0.25) is 0 Å². The summed E-state index contributed by atoms with van der Waals surface area (Å²) in [6.07, 6.45) is -3.01. The standard InChI is InChI=1S/C21H25F3N2O3S/c1-15-9-10-19(12-16(15)2)26(30(3,28)29)11-5-8-20(27)25-14-17-6-4-7-18(13-17)21(22,23)24/h4,6-7,9-10,12-13H,5,8,11,14H2,1-3H3,(H,25,27). The van der Waals surface area contributed by atoms with Crippen molar-refractivity contribution in [2.75, 3.05) is 17.1 Å². The molecule has 0 aromatic heterocycles. The van der Waals surface area contributed by atoms with Crippen LogP contribution in [0.1, 0.15) is 35.1 Å². The number of nitrogens with one attached hydrogen (secondary N) is 1. The van der Waals surface area contributed by atoms with Crippen LogP contribution in [-0.4, -0.2) is 27.1 Å². The summed E-state index contributed by atoms with van der Waals surface area (Å²) in [5.41, 5.74) is 2.10. The summed E-state index contributed by atoms with van der Waals surface area (Å²) in [5.74, 6) is -0.360. The number of benzene rings is 2. The van der Waals surface area contributed by atoms with Crippen LogP contribution in [0.15, 0.2) is 42.5 Å². The highest BCUT2D eigenvalue weighted by Crippen LogP contribution is 2.29. The van der Waals surface area contributed by atoms with Gasteiger partial charge in [-0.05, 0) is 61.2 Å². The third kappa shape index (κ3) is 6.76. The molecule has 0 bridgehead atoms. The Hall–Kier alpha value is -2.55. The lowest BCUT2D eigenvalue weighted by Gasteiger charge is -2.23. The molecular weight excluding hydrogens is 417 g/mol. The number of aryl methyl sites for hydroxylation is 2. The lowest BCUT2D eigenvalue weighted by atomic mass is 10.1. The van der Waals surface area contributed by atoms with E-state index >= 15 is 0 Å². The summed E-state index contributed by atoms with van der Waals surface area (Å²) in [7, 11) is -3.52. The second-order valence-corrected chi connectivity index (χ2v) is 9.09. The van der Waals surface area contributed by atoms with Gasteiger partial charge < -0.3 is 5.32 Å². The van der Waals surface area contributed by atoms with Gasteiger partial charge in [0.15, 0.2) is 0 Å². The van der Waals surface area contributed by atoms with Crippen LogP contribution in [0.25, 0.3) is 0 Å².